The van der Waals surface area contributed by atoms with Crippen molar-refractivity contribution >= 4 is 19.9 Å². The van der Waals surface area contributed by atoms with Crippen molar-refractivity contribution in [2.75, 3.05) is 6.26 Å². The molecule has 0 heterocycles. The van der Waals surface area contributed by atoms with E-state index in [1.165, 1.54) is 24.3 Å². The van der Waals surface area contributed by atoms with Gasteiger partial charge < -0.3 is 0 Å². The van der Waals surface area contributed by atoms with E-state index in [9.17, 15) is 16.8 Å². The zero-order chi connectivity index (χ0) is 14.2. The predicted molar refractivity (Wildman–Crippen MR) is 69.6 cm³/mol. The third kappa shape index (κ3) is 3.79. The highest BCUT2D eigenvalue weighted by Crippen LogP contribution is 2.21. The molecule has 0 atom stereocenters. The molecule has 0 aliphatic rings. The molecule has 102 valence electrons. The lowest BCUT2D eigenvalue weighted by Crippen LogP contribution is -2.40. The van der Waals surface area contributed by atoms with Gasteiger partial charge in [0.25, 0.3) is 0 Å². The Morgan fingerprint density at radius 3 is 1.78 bits per heavy atom. The van der Waals surface area contributed by atoms with Crippen LogP contribution in [-0.4, -0.2) is 28.6 Å². The quantitative estimate of drug-likeness (QED) is 0.906. The van der Waals surface area contributed by atoms with Crippen molar-refractivity contribution in [1.29, 1.82) is 0 Å². The summed E-state index contributed by atoms with van der Waals surface area (Å²) in [4.78, 5) is -0.413. The van der Waals surface area contributed by atoms with E-state index in [1.54, 1.807) is 20.8 Å². The van der Waals surface area contributed by atoms with Crippen LogP contribution in [0.3, 0.4) is 0 Å². The average Bonchev–Trinajstić information content (AvgIpc) is 2.12. The van der Waals surface area contributed by atoms with E-state index in [0.717, 1.165) is 6.26 Å². The van der Waals surface area contributed by atoms with Crippen molar-refractivity contribution in [3.05, 3.63) is 24.3 Å². The molecule has 5 nitrogen and oxygen atoms in total. The first-order valence-corrected chi connectivity index (χ1v) is 8.64. The van der Waals surface area contributed by atoms with Crippen molar-refractivity contribution < 1.29 is 16.8 Å². The molecule has 0 fully saturated rings. The summed E-state index contributed by atoms with van der Waals surface area (Å²) in [5, 5.41) is 0. The van der Waals surface area contributed by atoms with Gasteiger partial charge in [-0.2, -0.15) is 0 Å². The largest absolute Gasteiger partial charge is 0.242 e. The molecule has 0 amide bonds. The monoisotopic (exact) mass is 291 g/mol. The Bertz CT molecular complexity index is 640. The fourth-order valence-corrected chi connectivity index (χ4v) is 4.49. The van der Waals surface area contributed by atoms with E-state index in [4.69, 9.17) is 0 Å². The Labute approximate surface area is 108 Å². The summed E-state index contributed by atoms with van der Waals surface area (Å²) in [6.45, 7) is 5.06. The number of nitrogens with one attached hydrogen (secondary N) is 1. The number of sulfonamides is 1. The molecule has 7 heteroatoms. The highest BCUT2D eigenvalue weighted by Gasteiger charge is 2.27. The summed E-state index contributed by atoms with van der Waals surface area (Å²) in [7, 11) is -7.45. The van der Waals surface area contributed by atoms with E-state index in [2.05, 4.69) is 4.72 Å². The molecule has 0 radical (unpaired) electrons. The van der Waals surface area contributed by atoms with Crippen LogP contribution in [0.25, 0.3) is 0 Å². The van der Waals surface area contributed by atoms with Crippen molar-refractivity contribution in [3.8, 4) is 0 Å². The van der Waals surface area contributed by atoms with Gasteiger partial charge in [-0.05, 0) is 32.9 Å². The highest BCUT2D eigenvalue weighted by molar-refractivity contribution is 7.93. The van der Waals surface area contributed by atoms with E-state index >= 15 is 0 Å². The van der Waals surface area contributed by atoms with Crippen LogP contribution in [0.1, 0.15) is 20.8 Å². The van der Waals surface area contributed by atoms with Crippen LogP contribution in [0.4, 0.5) is 0 Å². The van der Waals surface area contributed by atoms with Crippen LogP contribution in [0.2, 0.25) is 0 Å². The van der Waals surface area contributed by atoms with Gasteiger partial charge in [-0.25, -0.2) is 21.6 Å². The first-order chi connectivity index (χ1) is 7.93. The molecular formula is C11H17NO4S2. The van der Waals surface area contributed by atoms with E-state index in [1.807, 2.05) is 0 Å². The molecular weight excluding hydrogens is 274 g/mol. The van der Waals surface area contributed by atoms with Crippen LogP contribution in [0, 0.1) is 0 Å². The summed E-state index contributed by atoms with van der Waals surface area (Å²) >= 11 is 0. The molecule has 0 spiro atoms. The van der Waals surface area contributed by atoms with Crippen LogP contribution < -0.4 is 4.72 Å². The summed E-state index contributed by atoms with van der Waals surface area (Å²) in [5.74, 6) is 0. The Kier molecular flexibility index (Phi) is 3.90. The Morgan fingerprint density at radius 1 is 0.944 bits per heavy atom. The maximum Gasteiger partial charge on any atom is 0.242 e. The average molecular weight is 291 g/mol. The summed E-state index contributed by atoms with van der Waals surface area (Å²) in [5.41, 5.74) is -0.677. The van der Waals surface area contributed by atoms with Crippen LogP contribution in [-0.2, 0) is 19.9 Å². The lowest BCUT2D eigenvalue weighted by Gasteiger charge is -2.21. The number of benzene rings is 1. The second kappa shape index (κ2) is 4.64. The fraction of sp³-hybridized carbons (Fsp3) is 0.455. The molecule has 0 saturated heterocycles. The molecule has 18 heavy (non-hydrogen) atoms. The first-order valence-electron chi connectivity index (χ1n) is 5.26. The third-order valence-electron chi connectivity index (χ3n) is 1.98. The Balaban J connectivity index is 3.44. The molecule has 0 aliphatic heterocycles. The van der Waals surface area contributed by atoms with Crippen LogP contribution in [0.15, 0.2) is 34.1 Å². The lowest BCUT2D eigenvalue weighted by atomic mass is 10.1. The first kappa shape index (κ1) is 15.1. The summed E-state index contributed by atoms with van der Waals surface area (Å²) in [6.07, 6.45) is 0.985. The fourth-order valence-electron chi connectivity index (χ4n) is 1.44. The van der Waals surface area contributed by atoms with Crippen molar-refractivity contribution in [2.45, 2.75) is 36.1 Å². The predicted octanol–water partition coefficient (Wildman–Crippen LogP) is 1.17. The standard InChI is InChI=1S/C11H17NO4S2/c1-11(2,3)12-18(15,16)10-8-6-5-7-9(10)17(4,13)14/h5-8,12H,1-4H3. The van der Waals surface area contributed by atoms with E-state index in [0.29, 0.717) is 0 Å². The topological polar surface area (TPSA) is 80.3 Å². The molecule has 0 aromatic heterocycles. The zero-order valence-electron chi connectivity index (χ0n) is 10.8. The SMILES string of the molecule is CC(C)(C)NS(=O)(=O)c1ccccc1S(C)(=O)=O. The van der Waals surface area contributed by atoms with Gasteiger partial charge in [0.05, 0.1) is 4.90 Å². The highest BCUT2D eigenvalue weighted by atomic mass is 32.2. The number of hydrogen-bond acceptors (Lipinski definition) is 4. The molecule has 1 aromatic carbocycles. The second-order valence-corrected chi connectivity index (χ2v) is 8.71. The number of hydrogen-bond donors (Lipinski definition) is 1. The van der Waals surface area contributed by atoms with Crippen molar-refractivity contribution in [2.24, 2.45) is 0 Å². The van der Waals surface area contributed by atoms with Gasteiger partial charge in [0.2, 0.25) is 10.0 Å². The van der Waals surface area contributed by atoms with Gasteiger partial charge >= 0.3 is 0 Å². The second-order valence-electron chi connectivity index (χ2n) is 5.07. The minimum atomic E-state index is -3.86. The minimum Gasteiger partial charge on any atom is -0.224 e. The van der Waals surface area contributed by atoms with Gasteiger partial charge in [0.15, 0.2) is 9.84 Å². The van der Waals surface area contributed by atoms with Gasteiger partial charge in [0.1, 0.15) is 4.90 Å². The smallest absolute Gasteiger partial charge is 0.224 e. The van der Waals surface area contributed by atoms with Gasteiger partial charge in [-0.3, -0.25) is 0 Å². The number of sulfone groups is 1. The van der Waals surface area contributed by atoms with Crippen LogP contribution >= 0.6 is 0 Å². The lowest BCUT2D eigenvalue weighted by molar-refractivity contribution is 0.490. The summed E-state index contributed by atoms with van der Waals surface area (Å²) in [6, 6.07) is 5.55. The van der Waals surface area contributed by atoms with E-state index < -0.39 is 25.4 Å². The Morgan fingerprint density at radius 2 is 1.39 bits per heavy atom. The van der Waals surface area contributed by atoms with E-state index in [-0.39, 0.29) is 9.79 Å². The Hall–Kier alpha value is -0.920. The maximum atomic E-state index is 12.1. The number of rotatable bonds is 3. The normalized spacial score (nSPS) is 13.6. The maximum absolute atomic E-state index is 12.1. The third-order valence-corrected chi connectivity index (χ3v) is 5.08. The molecule has 1 N–H and O–H groups in total. The molecule has 0 saturated carbocycles. The minimum absolute atomic E-state index is 0.193. The molecule has 0 unspecified atom stereocenters. The van der Waals surface area contributed by atoms with Gasteiger partial charge in [0, 0.05) is 11.8 Å². The van der Waals surface area contributed by atoms with Crippen molar-refractivity contribution in [1.82, 2.24) is 4.72 Å². The molecule has 0 bridgehead atoms. The van der Waals surface area contributed by atoms with Gasteiger partial charge in [-0.1, -0.05) is 12.1 Å². The molecule has 0 aliphatic carbocycles. The molecule has 1 rings (SSSR count). The van der Waals surface area contributed by atoms with Crippen molar-refractivity contribution in [3.63, 3.8) is 0 Å². The summed E-state index contributed by atoms with van der Waals surface area (Å²) < 4.78 is 49.9. The van der Waals surface area contributed by atoms with Crippen LogP contribution in [0.5, 0.6) is 0 Å². The van der Waals surface area contributed by atoms with Gasteiger partial charge in [-0.15, -0.1) is 0 Å². The molecule has 1 aromatic rings. The zero-order valence-corrected chi connectivity index (χ0v) is 12.4.